The molecule has 0 heterocycles. The van der Waals surface area contributed by atoms with E-state index in [1.165, 1.54) is 0 Å². The van der Waals surface area contributed by atoms with Gasteiger partial charge in [-0.25, -0.2) is 0 Å². The van der Waals surface area contributed by atoms with Crippen LogP contribution in [0.15, 0.2) is 0 Å². The Balaban J connectivity index is -0.00000000500. The van der Waals surface area contributed by atoms with E-state index in [1.54, 1.807) is 0 Å². The third kappa shape index (κ3) is 123. The number of rotatable bonds is 0. The second kappa shape index (κ2) is 304. The van der Waals surface area contributed by atoms with Gasteiger partial charge in [-0.3, -0.25) is 0 Å². The van der Waals surface area contributed by atoms with Crippen molar-refractivity contribution < 1.29 is 19.5 Å². The zero-order chi connectivity index (χ0) is 4.00. The molecule has 3 nitrogen and oxygen atoms in total. The standard InChI is InChI=1S/2CN.N.Zn/c2*1-2;;/q2*-1;;+2. The molecule has 0 bridgehead atoms. The molecule has 4 heteroatoms. The molecule has 0 aliphatic rings. The zero-order valence-corrected chi connectivity index (χ0v) is 6.02. The molecule has 0 spiro atoms. The first-order chi connectivity index (χ1) is 2.00. The Morgan fingerprint density at radius 2 is 0.833 bits per heavy atom. The number of hydrogen-bond acceptors (Lipinski definition) is 2. The molecule has 0 aliphatic heterocycles. The SMILES string of the molecule is [C-]#N.[C-]#N.[N].[Zn+2]. The van der Waals surface area contributed by atoms with Crippen LogP contribution in [0, 0.1) is 23.7 Å². The van der Waals surface area contributed by atoms with Gasteiger partial charge in [-0.15, -0.1) is 0 Å². The molecular formula is C2N3Zn. The Bertz CT molecular complexity index is 24.3. The monoisotopic (exact) mass is 130 g/mol. The molecule has 0 fully saturated rings. The smallest absolute Gasteiger partial charge is 0.512 e. The normalized spacial score (nSPS) is 0.667. The molecule has 0 rings (SSSR count). The van der Waals surface area contributed by atoms with Gasteiger partial charge in [-0.2, -0.15) is 0 Å². The van der Waals surface area contributed by atoms with E-state index in [0.29, 0.717) is 0 Å². The molecule has 0 aliphatic carbocycles. The molecule has 0 saturated heterocycles. The van der Waals surface area contributed by atoms with E-state index in [9.17, 15) is 0 Å². The van der Waals surface area contributed by atoms with Crippen LogP contribution in [0.1, 0.15) is 0 Å². The minimum atomic E-state index is 0. The van der Waals surface area contributed by atoms with Crippen molar-refractivity contribution in [3.05, 3.63) is 13.1 Å². The third-order valence-electron chi connectivity index (χ3n) is 0. The van der Waals surface area contributed by atoms with Gasteiger partial charge in [0.25, 0.3) is 0 Å². The molecule has 0 N–H and O–H groups in total. The van der Waals surface area contributed by atoms with Crippen LogP contribution >= 0.6 is 0 Å². The maximum Gasteiger partial charge on any atom is 2.00 e. The minimum Gasteiger partial charge on any atom is -0.512 e. The van der Waals surface area contributed by atoms with Crippen molar-refractivity contribution in [3.8, 4) is 0 Å². The van der Waals surface area contributed by atoms with Crippen LogP contribution in [-0.4, -0.2) is 0 Å². The summed E-state index contributed by atoms with van der Waals surface area (Å²) >= 11 is 0. The molecule has 0 aromatic heterocycles. The van der Waals surface area contributed by atoms with Crippen LogP contribution in [0.5, 0.6) is 0 Å². The van der Waals surface area contributed by atoms with Gasteiger partial charge in [-0.1, -0.05) is 0 Å². The van der Waals surface area contributed by atoms with Crippen molar-refractivity contribution in [1.82, 2.24) is 6.15 Å². The van der Waals surface area contributed by atoms with E-state index < -0.39 is 0 Å². The van der Waals surface area contributed by atoms with Gasteiger partial charge >= 0.3 is 19.5 Å². The van der Waals surface area contributed by atoms with E-state index >= 15 is 0 Å². The maximum atomic E-state index is 6.25. The summed E-state index contributed by atoms with van der Waals surface area (Å²) in [6, 6.07) is 0. The summed E-state index contributed by atoms with van der Waals surface area (Å²) in [5.74, 6) is 0. The van der Waals surface area contributed by atoms with Gasteiger partial charge in [0.15, 0.2) is 0 Å². The van der Waals surface area contributed by atoms with E-state index in [4.69, 9.17) is 23.7 Å². The Labute approximate surface area is 49.9 Å². The van der Waals surface area contributed by atoms with Gasteiger partial charge in [0, 0.05) is 6.15 Å². The summed E-state index contributed by atoms with van der Waals surface area (Å²) in [5.41, 5.74) is 0. The molecule has 0 aromatic rings. The van der Waals surface area contributed by atoms with Crippen molar-refractivity contribution in [1.29, 1.82) is 10.5 Å². The van der Waals surface area contributed by atoms with Crippen LogP contribution in [0.25, 0.3) is 0 Å². The molecule has 25 valence electrons. The number of hydrogen-bond donors (Lipinski definition) is 0. The Kier molecular flexibility index (Phi) is 2400. The van der Waals surface area contributed by atoms with E-state index in [1.807, 2.05) is 0 Å². The first-order valence-corrected chi connectivity index (χ1v) is 0.447. The van der Waals surface area contributed by atoms with Crippen LogP contribution in [0.3, 0.4) is 0 Å². The molecular weight excluding hydrogens is 131 g/mol. The molecule has 0 unspecified atom stereocenters. The average molecular weight is 131 g/mol. The van der Waals surface area contributed by atoms with Crippen LogP contribution in [0.4, 0.5) is 0 Å². The van der Waals surface area contributed by atoms with Crippen molar-refractivity contribution in [2.75, 3.05) is 0 Å². The molecule has 6 heavy (non-hydrogen) atoms. The molecule has 0 atom stereocenters. The third-order valence-corrected chi connectivity index (χ3v) is 0. The van der Waals surface area contributed by atoms with Crippen molar-refractivity contribution in [2.24, 2.45) is 0 Å². The Hall–Kier alpha value is -0.437. The molecule has 0 amide bonds. The van der Waals surface area contributed by atoms with Gasteiger partial charge in [0.1, 0.15) is 0 Å². The predicted molar refractivity (Wildman–Crippen MR) is 12.1 cm³/mol. The first-order valence-electron chi connectivity index (χ1n) is 0.447. The molecule has 0 aromatic carbocycles. The first kappa shape index (κ1) is 47.4. The van der Waals surface area contributed by atoms with Crippen LogP contribution in [-0.2, 0) is 19.5 Å². The summed E-state index contributed by atoms with van der Waals surface area (Å²) in [5, 5.41) is 12.5. The van der Waals surface area contributed by atoms with E-state index in [0.717, 1.165) is 0 Å². The van der Waals surface area contributed by atoms with Crippen LogP contribution in [0.2, 0.25) is 0 Å². The summed E-state index contributed by atoms with van der Waals surface area (Å²) in [6.07, 6.45) is 0. The summed E-state index contributed by atoms with van der Waals surface area (Å²) in [7, 11) is 0. The topological polar surface area (TPSA) is 78.1 Å². The van der Waals surface area contributed by atoms with E-state index in [-0.39, 0.29) is 25.6 Å². The van der Waals surface area contributed by atoms with Crippen LogP contribution < -0.4 is 6.15 Å². The van der Waals surface area contributed by atoms with Gasteiger partial charge < -0.3 is 23.7 Å². The van der Waals surface area contributed by atoms with Crippen molar-refractivity contribution >= 4 is 0 Å². The maximum absolute atomic E-state index is 6.25. The number of nitrogens with zero attached hydrogens (tertiary/aromatic N) is 3. The minimum absolute atomic E-state index is 0. The van der Waals surface area contributed by atoms with Crippen molar-refractivity contribution in [2.45, 2.75) is 0 Å². The van der Waals surface area contributed by atoms with Gasteiger partial charge in [0.2, 0.25) is 0 Å². The fraction of sp³-hybridized carbons (Fsp3) is 0. The van der Waals surface area contributed by atoms with Crippen molar-refractivity contribution in [3.63, 3.8) is 0 Å². The summed E-state index contributed by atoms with van der Waals surface area (Å²) in [6.45, 7) is 9.50. The Morgan fingerprint density at radius 1 is 0.833 bits per heavy atom. The molecule has 0 saturated carbocycles. The largest absolute Gasteiger partial charge is 2.00 e. The fourth-order valence-corrected chi connectivity index (χ4v) is 0. The quantitative estimate of drug-likeness (QED) is 0.334. The summed E-state index contributed by atoms with van der Waals surface area (Å²) < 4.78 is 0. The van der Waals surface area contributed by atoms with E-state index in [2.05, 4.69) is 0 Å². The second-order valence-corrected chi connectivity index (χ2v) is 0. The predicted octanol–water partition coefficient (Wildman–Crippen LogP) is -0.290. The zero-order valence-electron chi connectivity index (χ0n) is 3.05. The Morgan fingerprint density at radius 3 is 0.833 bits per heavy atom. The summed E-state index contributed by atoms with van der Waals surface area (Å²) in [4.78, 5) is 0. The van der Waals surface area contributed by atoms with Gasteiger partial charge in [0.05, 0.1) is 0 Å². The average Bonchev–Trinajstić information content (AvgIpc) is 1.50. The second-order valence-electron chi connectivity index (χ2n) is 0. The molecule has 3 radical (unpaired) electrons. The fourth-order valence-electron chi connectivity index (χ4n) is 0. The van der Waals surface area contributed by atoms with Gasteiger partial charge in [-0.05, 0) is 0 Å².